The van der Waals surface area contributed by atoms with E-state index in [9.17, 15) is 14.4 Å². The molecule has 0 bridgehead atoms. The molecule has 0 amide bonds. The average Bonchev–Trinajstić information content (AvgIpc) is 3.22. The van der Waals surface area contributed by atoms with Gasteiger partial charge in [0.25, 0.3) is 5.56 Å². The molecular formula is C29H30N2O8S. The molecule has 0 spiro atoms. The van der Waals surface area contributed by atoms with Crippen LogP contribution in [-0.4, -0.2) is 48.0 Å². The summed E-state index contributed by atoms with van der Waals surface area (Å²) in [7, 11) is 0. The maximum absolute atomic E-state index is 13.9. The van der Waals surface area contributed by atoms with E-state index in [-0.39, 0.29) is 23.5 Å². The fourth-order valence-corrected chi connectivity index (χ4v) is 5.42. The number of hydrogen-bond acceptors (Lipinski definition) is 9. The minimum Gasteiger partial charge on any atom is -0.494 e. The van der Waals surface area contributed by atoms with Gasteiger partial charge >= 0.3 is 11.9 Å². The predicted molar refractivity (Wildman–Crippen MR) is 149 cm³/mol. The summed E-state index contributed by atoms with van der Waals surface area (Å²) < 4.78 is 24.1. The molecule has 2 heterocycles. The summed E-state index contributed by atoms with van der Waals surface area (Å²) in [5.74, 6) is -0.461. The van der Waals surface area contributed by atoms with Gasteiger partial charge in [-0.3, -0.25) is 9.36 Å². The predicted octanol–water partition coefficient (Wildman–Crippen LogP) is 3.06. The lowest BCUT2D eigenvalue weighted by Gasteiger charge is -2.26. The van der Waals surface area contributed by atoms with E-state index < -0.39 is 24.6 Å². The van der Waals surface area contributed by atoms with Crippen molar-refractivity contribution in [3.8, 4) is 17.2 Å². The van der Waals surface area contributed by atoms with Gasteiger partial charge in [0.05, 0.1) is 35.6 Å². The SMILES string of the molecule is CCOC(=O)C1=C(C)N=c2s/c(=C\c3ccc(OCC(=O)O)c(OCC)c3)c(=O)n2[C@H]1c1ccccc1OCC. The number of hydrogen-bond donors (Lipinski definition) is 1. The van der Waals surface area contributed by atoms with E-state index in [4.69, 9.17) is 24.1 Å². The van der Waals surface area contributed by atoms with Gasteiger partial charge in [-0.15, -0.1) is 0 Å². The molecule has 1 aromatic heterocycles. The van der Waals surface area contributed by atoms with E-state index in [1.807, 2.05) is 25.1 Å². The quantitative estimate of drug-likeness (QED) is 0.351. The molecular weight excluding hydrogens is 536 g/mol. The Morgan fingerprint density at radius 1 is 1.00 bits per heavy atom. The number of fused-ring (bicyclic) bond motifs is 1. The van der Waals surface area contributed by atoms with Crippen molar-refractivity contribution < 1.29 is 33.6 Å². The monoisotopic (exact) mass is 566 g/mol. The van der Waals surface area contributed by atoms with Crippen LogP contribution in [0.2, 0.25) is 0 Å². The molecule has 10 nitrogen and oxygen atoms in total. The Labute approximate surface area is 234 Å². The minimum atomic E-state index is -1.11. The van der Waals surface area contributed by atoms with Crippen LogP contribution in [-0.2, 0) is 14.3 Å². The highest BCUT2D eigenvalue weighted by molar-refractivity contribution is 7.07. The van der Waals surface area contributed by atoms with Crippen LogP contribution in [0.5, 0.6) is 17.2 Å². The van der Waals surface area contributed by atoms with Crippen LogP contribution in [0.25, 0.3) is 6.08 Å². The summed E-state index contributed by atoms with van der Waals surface area (Å²) in [5.41, 5.74) is 1.68. The summed E-state index contributed by atoms with van der Waals surface area (Å²) in [5, 5.41) is 8.95. The smallest absolute Gasteiger partial charge is 0.341 e. The lowest BCUT2D eigenvalue weighted by molar-refractivity contribution is -0.140. The Kier molecular flexibility index (Phi) is 9.05. The number of benzene rings is 2. The maximum atomic E-state index is 13.9. The zero-order chi connectivity index (χ0) is 28.8. The Bertz CT molecular complexity index is 1640. The van der Waals surface area contributed by atoms with Gasteiger partial charge in [-0.2, -0.15) is 0 Å². The molecule has 0 saturated carbocycles. The van der Waals surface area contributed by atoms with E-state index >= 15 is 0 Å². The third-order valence-corrected chi connectivity index (χ3v) is 6.93. The van der Waals surface area contributed by atoms with Crippen LogP contribution in [0.1, 0.15) is 44.9 Å². The number of para-hydroxylation sites is 1. The molecule has 0 radical (unpaired) electrons. The number of aromatic nitrogens is 1. The summed E-state index contributed by atoms with van der Waals surface area (Å²) in [6.07, 6.45) is 1.70. The maximum Gasteiger partial charge on any atom is 0.341 e. The number of thiazole rings is 1. The van der Waals surface area contributed by atoms with Crippen LogP contribution in [0.3, 0.4) is 0 Å². The fourth-order valence-electron chi connectivity index (χ4n) is 4.37. The highest BCUT2D eigenvalue weighted by Gasteiger charge is 2.35. The van der Waals surface area contributed by atoms with Crippen molar-refractivity contribution in [2.24, 2.45) is 4.99 Å². The van der Waals surface area contributed by atoms with Gasteiger partial charge in [0.2, 0.25) is 0 Å². The van der Waals surface area contributed by atoms with E-state index in [0.717, 1.165) is 0 Å². The summed E-state index contributed by atoms with van der Waals surface area (Å²) in [4.78, 5) is 43.0. The number of carboxylic acid groups (broad SMARTS) is 1. The van der Waals surface area contributed by atoms with Gasteiger partial charge in [0.15, 0.2) is 22.9 Å². The topological polar surface area (TPSA) is 126 Å². The number of carbonyl (C=O) groups excluding carboxylic acids is 1. The third kappa shape index (κ3) is 5.94. The van der Waals surface area contributed by atoms with Crippen molar-refractivity contribution in [1.29, 1.82) is 0 Å². The van der Waals surface area contributed by atoms with E-state index in [1.54, 1.807) is 51.1 Å². The molecule has 0 fully saturated rings. The first-order chi connectivity index (χ1) is 19.3. The van der Waals surface area contributed by atoms with Crippen LogP contribution >= 0.6 is 11.3 Å². The Hall–Kier alpha value is -4.38. The van der Waals surface area contributed by atoms with Crippen molar-refractivity contribution >= 4 is 29.4 Å². The summed E-state index contributed by atoms with van der Waals surface area (Å²) in [6.45, 7) is 7.52. The first-order valence-corrected chi connectivity index (χ1v) is 13.6. The van der Waals surface area contributed by atoms with Gasteiger partial charge < -0.3 is 24.1 Å². The first-order valence-electron chi connectivity index (χ1n) is 12.8. The van der Waals surface area contributed by atoms with Crippen LogP contribution in [0.4, 0.5) is 0 Å². The van der Waals surface area contributed by atoms with Gasteiger partial charge in [0, 0.05) is 5.56 Å². The number of nitrogens with zero attached hydrogens (tertiary/aromatic N) is 2. The highest BCUT2D eigenvalue weighted by atomic mass is 32.1. The molecule has 11 heteroatoms. The van der Waals surface area contributed by atoms with Crippen molar-refractivity contribution in [2.45, 2.75) is 33.7 Å². The van der Waals surface area contributed by atoms with Gasteiger partial charge in [-0.25, -0.2) is 14.6 Å². The first kappa shape index (κ1) is 28.6. The van der Waals surface area contributed by atoms with Crippen molar-refractivity contribution in [2.75, 3.05) is 26.4 Å². The normalized spacial score (nSPS) is 14.8. The summed E-state index contributed by atoms with van der Waals surface area (Å²) in [6, 6.07) is 11.5. The largest absolute Gasteiger partial charge is 0.494 e. The van der Waals surface area contributed by atoms with Gasteiger partial charge in [-0.05, 0) is 57.5 Å². The Balaban J connectivity index is 1.88. The third-order valence-electron chi connectivity index (χ3n) is 5.95. The lowest BCUT2D eigenvalue weighted by atomic mass is 9.95. The fraction of sp³-hybridized carbons (Fsp3) is 0.310. The van der Waals surface area contributed by atoms with Crippen LogP contribution in [0, 0.1) is 0 Å². The zero-order valence-electron chi connectivity index (χ0n) is 22.6. The highest BCUT2D eigenvalue weighted by Crippen LogP contribution is 2.36. The molecule has 2 aromatic carbocycles. The van der Waals surface area contributed by atoms with Gasteiger partial charge in [0.1, 0.15) is 11.8 Å². The molecule has 0 unspecified atom stereocenters. The lowest BCUT2D eigenvalue weighted by Crippen LogP contribution is -2.40. The van der Waals surface area contributed by atoms with Crippen molar-refractivity contribution in [3.63, 3.8) is 0 Å². The zero-order valence-corrected chi connectivity index (χ0v) is 23.4. The molecule has 1 N–H and O–H groups in total. The van der Waals surface area contributed by atoms with E-state index in [2.05, 4.69) is 4.99 Å². The van der Waals surface area contributed by atoms with E-state index in [1.165, 1.54) is 15.9 Å². The standard InChI is InChI=1S/C29H30N2O8S/c1-5-36-20-11-9-8-10-19(20)26-25(28(35)38-7-3)17(4)30-29-31(26)27(34)23(40-29)15-18-12-13-21(39-16-24(32)33)22(14-18)37-6-2/h8-15,26H,5-7,16H2,1-4H3,(H,32,33)/b23-15-/t26-/m0/s1. The molecule has 0 aliphatic carbocycles. The van der Waals surface area contributed by atoms with Crippen LogP contribution in [0.15, 0.2) is 63.5 Å². The molecule has 0 saturated heterocycles. The molecule has 4 rings (SSSR count). The second-order valence-electron chi connectivity index (χ2n) is 8.59. The van der Waals surface area contributed by atoms with Gasteiger partial charge in [-0.1, -0.05) is 35.6 Å². The molecule has 40 heavy (non-hydrogen) atoms. The number of aliphatic carboxylic acids is 1. The number of esters is 1. The van der Waals surface area contributed by atoms with Crippen LogP contribution < -0.4 is 29.1 Å². The van der Waals surface area contributed by atoms with Crippen molar-refractivity contribution in [1.82, 2.24) is 4.57 Å². The van der Waals surface area contributed by atoms with Crippen molar-refractivity contribution in [3.05, 3.63) is 84.5 Å². The summed E-state index contributed by atoms with van der Waals surface area (Å²) >= 11 is 1.19. The number of ether oxygens (including phenoxy) is 4. The second kappa shape index (κ2) is 12.6. The minimum absolute atomic E-state index is 0.175. The number of carbonyl (C=O) groups is 2. The molecule has 210 valence electrons. The Morgan fingerprint density at radius 2 is 1.73 bits per heavy atom. The molecule has 1 atom stereocenters. The molecule has 1 aliphatic heterocycles. The molecule has 3 aromatic rings. The second-order valence-corrected chi connectivity index (χ2v) is 9.60. The number of carboxylic acids is 1. The van der Waals surface area contributed by atoms with E-state index in [0.29, 0.717) is 50.9 Å². The Morgan fingerprint density at radius 3 is 2.42 bits per heavy atom. The number of rotatable bonds is 11. The number of allylic oxidation sites excluding steroid dienone is 1. The average molecular weight is 567 g/mol. The molecule has 1 aliphatic rings.